The Hall–Kier alpha value is -1.14. The van der Waals surface area contributed by atoms with Gasteiger partial charge in [-0.25, -0.2) is 4.98 Å². The van der Waals surface area contributed by atoms with E-state index in [4.69, 9.17) is 5.11 Å². The minimum absolute atomic E-state index is 0.00972. The molecule has 76 valence electrons. The molecule has 0 bridgehead atoms. The van der Waals surface area contributed by atoms with E-state index in [1.807, 2.05) is 6.92 Å². The maximum Gasteiger partial charge on any atom is 0.273 e. The molecular weight excluding hydrogens is 204 g/mol. The molecule has 0 saturated carbocycles. The van der Waals surface area contributed by atoms with Crippen molar-refractivity contribution >= 4 is 17.4 Å². The van der Waals surface area contributed by atoms with Crippen LogP contribution in [0.15, 0.2) is 23.4 Å². The summed E-state index contributed by atoms with van der Waals surface area (Å²) in [5.41, 5.74) is 0.0210. The van der Waals surface area contributed by atoms with Gasteiger partial charge in [0, 0.05) is 23.6 Å². The van der Waals surface area contributed by atoms with E-state index in [2.05, 4.69) is 4.98 Å². The van der Waals surface area contributed by atoms with Crippen LogP contribution >= 0.6 is 11.8 Å². The standard InChI is InChI=1S/C8H10N2O3S/c1-6(5-11)14-8-4-7(10(12)13)2-3-9-8/h2-4,6,11H,5H2,1H3. The van der Waals surface area contributed by atoms with Crippen molar-refractivity contribution in [3.05, 3.63) is 28.4 Å². The van der Waals surface area contributed by atoms with Crippen LogP contribution in [0.3, 0.4) is 0 Å². The SMILES string of the molecule is CC(CO)Sc1cc([N+](=O)[O-])ccn1. The Kier molecular flexibility index (Phi) is 3.84. The molecule has 0 aliphatic rings. The molecule has 0 aliphatic carbocycles. The number of aliphatic hydroxyl groups excluding tert-OH is 1. The highest BCUT2D eigenvalue weighted by Crippen LogP contribution is 2.23. The lowest BCUT2D eigenvalue weighted by Crippen LogP contribution is -2.02. The van der Waals surface area contributed by atoms with Gasteiger partial charge in [0.1, 0.15) is 5.03 Å². The second-order valence-corrected chi connectivity index (χ2v) is 4.18. The maximum absolute atomic E-state index is 10.4. The summed E-state index contributed by atoms with van der Waals surface area (Å²) < 4.78 is 0. The second kappa shape index (κ2) is 4.92. The van der Waals surface area contributed by atoms with Crippen LogP contribution in [0.1, 0.15) is 6.92 Å². The number of thioether (sulfide) groups is 1. The Morgan fingerprint density at radius 1 is 1.79 bits per heavy atom. The van der Waals surface area contributed by atoms with E-state index in [1.165, 1.54) is 30.1 Å². The maximum atomic E-state index is 10.4. The zero-order valence-electron chi connectivity index (χ0n) is 7.58. The Bertz CT molecular complexity index is 332. The van der Waals surface area contributed by atoms with Crippen LogP contribution < -0.4 is 0 Å². The lowest BCUT2D eigenvalue weighted by atomic mass is 10.4. The van der Waals surface area contributed by atoms with Crippen LogP contribution in [0, 0.1) is 10.1 Å². The number of rotatable bonds is 4. The topological polar surface area (TPSA) is 76.3 Å². The van der Waals surface area contributed by atoms with Crippen molar-refractivity contribution < 1.29 is 10.0 Å². The predicted octanol–water partition coefficient (Wildman–Crippen LogP) is 1.46. The van der Waals surface area contributed by atoms with Crippen molar-refractivity contribution in [1.82, 2.24) is 4.98 Å². The molecule has 0 aromatic carbocycles. The van der Waals surface area contributed by atoms with Gasteiger partial charge in [-0.3, -0.25) is 10.1 Å². The number of aromatic nitrogens is 1. The van der Waals surface area contributed by atoms with Crippen LogP contribution in [-0.2, 0) is 0 Å². The van der Waals surface area contributed by atoms with Gasteiger partial charge in [-0.1, -0.05) is 6.92 Å². The Morgan fingerprint density at radius 3 is 3.07 bits per heavy atom. The quantitative estimate of drug-likeness (QED) is 0.466. The Balaban J connectivity index is 2.78. The molecule has 0 amide bonds. The molecule has 6 heteroatoms. The molecule has 1 heterocycles. The summed E-state index contributed by atoms with van der Waals surface area (Å²) in [4.78, 5) is 13.9. The molecule has 1 unspecified atom stereocenters. The van der Waals surface area contributed by atoms with E-state index < -0.39 is 4.92 Å². The lowest BCUT2D eigenvalue weighted by molar-refractivity contribution is -0.385. The smallest absolute Gasteiger partial charge is 0.273 e. The second-order valence-electron chi connectivity index (χ2n) is 2.72. The van der Waals surface area contributed by atoms with E-state index in [-0.39, 0.29) is 17.5 Å². The molecule has 0 spiro atoms. The predicted molar refractivity (Wildman–Crippen MR) is 53.3 cm³/mol. The summed E-state index contributed by atoms with van der Waals surface area (Å²) >= 11 is 1.31. The summed E-state index contributed by atoms with van der Waals surface area (Å²) in [6.45, 7) is 1.85. The van der Waals surface area contributed by atoms with Gasteiger partial charge in [0.2, 0.25) is 0 Å². The van der Waals surface area contributed by atoms with Gasteiger partial charge in [-0.05, 0) is 0 Å². The molecule has 0 fully saturated rings. The monoisotopic (exact) mass is 214 g/mol. The van der Waals surface area contributed by atoms with Gasteiger partial charge >= 0.3 is 0 Å². The van der Waals surface area contributed by atoms with E-state index in [0.717, 1.165) is 0 Å². The van der Waals surface area contributed by atoms with Crippen molar-refractivity contribution in [3.8, 4) is 0 Å². The molecule has 0 radical (unpaired) electrons. The Morgan fingerprint density at radius 2 is 2.50 bits per heavy atom. The highest BCUT2D eigenvalue weighted by molar-refractivity contribution is 7.99. The third-order valence-corrected chi connectivity index (χ3v) is 2.52. The molecular formula is C8H10N2O3S. The van der Waals surface area contributed by atoms with Crippen LogP contribution in [-0.4, -0.2) is 26.9 Å². The van der Waals surface area contributed by atoms with Gasteiger partial charge in [-0.2, -0.15) is 0 Å². The fraction of sp³-hybridized carbons (Fsp3) is 0.375. The van der Waals surface area contributed by atoms with Gasteiger partial charge < -0.3 is 5.11 Å². The third-order valence-electron chi connectivity index (χ3n) is 1.51. The largest absolute Gasteiger partial charge is 0.395 e. The number of aliphatic hydroxyl groups is 1. The van der Waals surface area contributed by atoms with E-state index >= 15 is 0 Å². The molecule has 1 atom stereocenters. The van der Waals surface area contributed by atoms with Crippen molar-refractivity contribution in [2.24, 2.45) is 0 Å². The first-order valence-corrected chi connectivity index (χ1v) is 4.89. The van der Waals surface area contributed by atoms with Crippen LogP contribution in [0.4, 0.5) is 5.69 Å². The van der Waals surface area contributed by atoms with Gasteiger partial charge in [0.05, 0.1) is 11.5 Å². The molecule has 1 aromatic heterocycles. The molecule has 1 aromatic rings. The Labute approximate surface area is 85.3 Å². The fourth-order valence-electron chi connectivity index (χ4n) is 0.820. The van der Waals surface area contributed by atoms with Crippen molar-refractivity contribution in [2.45, 2.75) is 17.2 Å². The average molecular weight is 214 g/mol. The molecule has 5 nitrogen and oxygen atoms in total. The first kappa shape index (κ1) is 10.9. The van der Waals surface area contributed by atoms with Crippen molar-refractivity contribution in [3.63, 3.8) is 0 Å². The van der Waals surface area contributed by atoms with Gasteiger partial charge in [0.25, 0.3) is 5.69 Å². The average Bonchev–Trinajstić information content (AvgIpc) is 2.18. The van der Waals surface area contributed by atoms with Crippen molar-refractivity contribution in [2.75, 3.05) is 6.61 Å². The van der Waals surface area contributed by atoms with Crippen molar-refractivity contribution in [1.29, 1.82) is 0 Å². The summed E-state index contributed by atoms with van der Waals surface area (Å²) in [7, 11) is 0. The third kappa shape index (κ3) is 2.97. The number of hydrogen-bond donors (Lipinski definition) is 1. The number of pyridine rings is 1. The molecule has 0 aliphatic heterocycles. The number of nitrogens with zero attached hydrogens (tertiary/aromatic N) is 2. The lowest BCUT2D eigenvalue weighted by Gasteiger charge is -2.05. The van der Waals surface area contributed by atoms with Gasteiger partial charge in [0.15, 0.2) is 0 Å². The summed E-state index contributed by atoms with van der Waals surface area (Å²) in [5.74, 6) is 0. The fourth-order valence-corrected chi connectivity index (χ4v) is 1.62. The van der Waals surface area contributed by atoms with Gasteiger partial charge in [-0.15, -0.1) is 11.8 Å². The normalized spacial score (nSPS) is 12.4. The van der Waals surface area contributed by atoms with Crippen LogP contribution in [0.5, 0.6) is 0 Å². The minimum atomic E-state index is -0.463. The number of nitro groups is 1. The summed E-state index contributed by atoms with van der Waals surface area (Å²) in [5, 5.41) is 19.8. The van der Waals surface area contributed by atoms with E-state index in [9.17, 15) is 10.1 Å². The summed E-state index contributed by atoms with van der Waals surface area (Å²) in [6.07, 6.45) is 1.39. The highest BCUT2D eigenvalue weighted by Gasteiger charge is 2.09. The zero-order chi connectivity index (χ0) is 10.6. The van der Waals surface area contributed by atoms with E-state index in [1.54, 1.807) is 0 Å². The molecule has 14 heavy (non-hydrogen) atoms. The molecule has 0 saturated heterocycles. The van der Waals surface area contributed by atoms with E-state index in [0.29, 0.717) is 5.03 Å². The first-order valence-electron chi connectivity index (χ1n) is 4.01. The van der Waals surface area contributed by atoms with Crippen LogP contribution in [0.25, 0.3) is 0 Å². The minimum Gasteiger partial charge on any atom is -0.395 e. The summed E-state index contributed by atoms with van der Waals surface area (Å²) in [6, 6.07) is 2.74. The molecule has 1 rings (SSSR count). The highest BCUT2D eigenvalue weighted by atomic mass is 32.2. The number of hydrogen-bond acceptors (Lipinski definition) is 5. The zero-order valence-corrected chi connectivity index (χ0v) is 8.40. The molecule has 1 N–H and O–H groups in total. The van der Waals surface area contributed by atoms with Crippen LogP contribution in [0.2, 0.25) is 0 Å². The first-order chi connectivity index (χ1) is 6.63.